The Morgan fingerprint density at radius 2 is 1.55 bits per heavy atom. The van der Waals surface area contributed by atoms with Crippen LogP contribution in [0.1, 0.15) is 25.5 Å². The van der Waals surface area contributed by atoms with Crippen LogP contribution in [0.2, 0.25) is 0 Å². The third-order valence-electron chi connectivity index (χ3n) is 5.15. The van der Waals surface area contributed by atoms with Crippen molar-refractivity contribution in [3.63, 3.8) is 0 Å². The second kappa shape index (κ2) is 9.73. The molecule has 3 aromatic rings. The fourth-order valence-corrected chi connectivity index (χ4v) is 3.13. The van der Waals surface area contributed by atoms with Crippen molar-refractivity contribution >= 4 is 11.7 Å². The van der Waals surface area contributed by atoms with E-state index in [9.17, 15) is 4.79 Å². The fraction of sp³-hybridized carbons (Fsp3) is 0.250. The first kappa shape index (κ1) is 20.4. The number of aromatic nitrogens is 1. The van der Waals surface area contributed by atoms with Crippen LogP contribution >= 0.6 is 0 Å². The summed E-state index contributed by atoms with van der Waals surface area (Å²) in [6.07, 6.45) is 3.57. The van der Waals surface area contributed by atoms with E-state index in [1.54, 1.807) is 12.4 Å². The van der Waals surface area contributed by atoms with Gasteiger partial charge < -0.3 is 15.5 Å². The van der Waals surface area contributed by atoms with Crippen LogP contribution in [0, 0.1) is 0 Å². The Balaban J connectivity index is 1.50. The Morgan fingerprint density at radius 3 is 2.21 bits per heavy atom. The van der Waals surface area contributed by atoms with Crippen LogP contribution in [0.4, 0.5) is 10.5 Å². The molecule has 2 aromatic carbocycles. The number of benzene rings is 2. The van der Waals surface area contributed by atoms with Crippen LogP contribution in [0.5, 0.6) is 0 Å². The molecule has 0 bridgehead atoms. The van der Waals surface area contributed by atoms with Gasteiger partial charge in [-0.25, -0.2) is 4.79 Å². The van der Waals surface area contributed by atoms with Crippen LogP contribution < -0.4 is 15.5 Å². The van der Waals surface area contributed by atoms with E-state index in [0.29, 0.717) is 6.54 Å². The number of urea groups is 1. The maximum Gasteiger partial charge on any atom is 0.315 e. The van der Waals surface area contributed by atoms with E-state index in [2.05, 4.69) is 51.7 Å². The van der Waals surface area contributed by atoms with E-state index >= 15 is 0 Å². The lowest BCUT2D eigenvalue weighted by Crippen LogP contribution is -2.44. The SMILES string of the molecule is CC(NC(=O)NCC(C)N(C)c1ccccc1)c1ccc(-c2ccncc2)cc1. The van der Waals surface area contributed by atoms with Gasteiger partial charge in [0, 0.05) is 37.7 Å². The summed E-state index contributed by atoms with van der Waals surface area (Å²) in [6, 6.07) is 22.3. The monoisotopic (exact) mass is 388 g/mol. The Hall–Kier alpha value is -3.34. The molecule has 0 aliphatic carbocycles. The van der Waals surface area contributed by atoms with Gasteiger partial charge in [0.05, 0.1) is 6.04 Å². The van der Waals surface area contributed by atoms with E-state index in [1.165, 1.54) is 0 Å². The number of carbonyl (C=O) groups is 1. The molecule has 0 saturated heterocycles. The van der Waals surface area contributed by atoms with Crippen molar-refractivity contribution in [1.29, 1.82) is 0 Å². The Morgan fingerprint density at radius 1 is 0.931 bits per heavy atom. The number of nitrogens with zero attached hydrogens (tertiary/aromatic N) is 2. The van der Waals surface area contributed by atoms with Crippen molar-refractivity contribution in [2.24, 2.45) is 0 Å². The van der Waals surface area contributed by atoms with Gasteiger partial charge in [0.15, 0.2) is 0 Å². The zero-order valence-corrected chi connectivity index (χ0v) is 17.2. The first-order chi connectivity index (χ1) is 14.0. The van der Waals surface area contributed by atoms with E-state index in [0.717, 1.165) is 22.4 Å². The highest BCUT2D eigenvalue weighted by Gasteiger charge is 2.13. The zero-order valence-electron chi connectivity index (χ0n) is 17.2. The number of likely N-dealkylation sites (N-methyl/N-ethyl adjacent to an activating group) is 1. The Labute approximate surface area is 172 Å². The highest BCUT2D eigenvalue weighted by atomic mass is 16.2. The molecule has 0 fully saturated rings. The minimum atomic E-state index is -0.163. The molecule has 29 heavy (non-hydrogen) atoms. The highest BCUT2D eigenvalue weighted by Crippen LogP contribution is 2.21. The molecule has 5 heteroatoms. The molecule has 2 unspecified atom stereocenters. The highest BCUT2D eigenvalue weighted by molar-refractivity contribution is 5.74. The normalized spacial score (nSPS) is 12.7. The molecule has 1 heterocycles. The third kappa shape index (κ3) is 5.57. The van der Waals surface area contributed by atoms with Gasteiger partial charge in [-0.15, -0.1) is 0 Å². The molecule has 2 amide bonds. The predicted molar refractivity (Wildman–Crippen MR) is 119 cm³/mol. The summed E-state index contributed by atoms with van der Waals surface area (Å²) in [5.74, 6) is 0. The van der Waals surface area contributed by atoms with Crippen molar-refractivity contribution in [2.75, 3.05) is 18.5 Å². The van der Waals surface area contributed by atoms with Gasteiger partial charge >= 0.3 is 6.03 Å². The van der Waals surface area contributed by atoms with Gasteiger partial charge in [0.1, 0.15) is 0 Å². The lowest BCUT2D eigenvalue weighted by atomic mass is 10.0. The second-order valence-electron chi connectivity index (χ2n) is 7.23. The molecule has 0 aliphatic rings. The first-order valence-electron chi connectivity index (χ1n) is 9.87. The summed E-state index contributed by atoms with van der Waals surface area (Å²) in [5.41, 5.74) is 4.45. The largest absolute Gasteiger partial charge is 0.370 e. The third-order valence-corrected chi connectivity index (χ3v) is 5.15. The number of rotatable bonds is 7. The van der Waals surface area contributed by atoms with Crippen LogP contribution in [0.3, 0.4) is 0 Å². The van der Waals surface area contributed by atoms with Gasteiger partial charge in [-0.2, -0.15) is 0 Å². The van der Waals surface area contributed by atoms with Crippen molar-refractivity contribution in [2.45, 2.75) is 25.9 Å². The second-order valence-corrected chi connectivity index (χ2v) is 7.23. The van der Waals surface area contributed by atoms with Crippen molar-refractivity contribution in [3.8, 4) is 11.1 Å². The molecule has 0 saturated carbocycles. The van der Waals surface area contributed by atoms with E-state index in [-0.39, 0.29) is 18.1 Å². The molecule has 1 aromatic heterocycles. The van der Waals surface area contributed by atoms with Crippen LogP contribution in [0.25, 0.3) is 11.1 Å². The summed E-state index contributed by atoms with van der Waals surface area (Å²) in [7, 11) is 2.03. The van der Waals surface area contributed by atoms with Crippen LogP contribution in [0.15, 0.2) is 79.1 Å². The van der Waals surface area contributed by atoms with Gasteiger partial charge in [-0.1, -0.05) is 42.5 Å². The smallest absolute Gasteiger partial charge is 0.315 e. The van der Waals surface area contributed by atoms with Gasteiger partial charge in [0.25, 0.3) is 0 Å². The molecule has 5 nitrogen and oxygen atoms in total. The van der Waals surface area contributed by atoms with Crippen molar-refractivity contribution in [1.82, 2.24) is 15.6 Å². The molecule has 3 rings (SSSR count). The molecule has 0 aliphatic heterocycles. The number of hydrogen-bond acceptors (Lipinski definition) is 3. The van der Waals surface area contributed by atoms with Crippen molar-refractivity contribution < 1.29 is 4.79 Å². The molecular formula is C24H28N4O. The number of hydrogen-bond donors (Lipinski definition) is 2. The fourth-order valence-electron chi connectivity index (χ4n) is 3.13. The average Bonchev–Trinajstić information content (AvgIpc) is 2.78. The van der Waals surface area contributed by atoms with E-state index in [4.69, 9.17) is 0 Å². The van der Waals surface area contributed by atoms with Gasteiger partial charge in [-0.3, -0.25) is 4.98 Å². The van der Waals surface area contributed by atoms with Crippen LogP contribution in [-0.4, -0.2) is 30.6 Å². The number of pyridine rings is 1. The quantitative estimate of drug-likeness (QED) is 0.620. The summed E-state index contributed by atoms with van der Waals surface area (Å²) < 4.78 is 0. The van der Waals surface area contributed by atoms with Crippen molar-refractivity contribution in [3.05, 3.63) is 84.7 Å². The number of amides is 2. The lowest BCUT2D eigenvalue weighted by molar-refractivity contribution is 0.237. The zero-order chi connectivity index (χ0) is 20.6. The number of anilines is 1. The molecule has 2 atom stereocenters. The summed E-state index contributed by atoms with van der Waals surface area (Å²) in [5, 5.41) is 5.98. The predicted octanol–water partition coefficient (Wildman–Crippen LogP) is 4.63. The average molecular weight is 389 g/mol. The van der Waals surface area contributed by atoms with E-state index < -0.39 is 0 Å². The maximum absolute atomic E-state index is 12.3. The first-order valence-corrected chi connectivity index (χ1v) is 9.87. The topological polar surface area (TPSA) is 57.3 Å². The Bertz CT molecular complexity index is 897. The molecule has 2 N–H and O–H groups in total. The number of nitrogens with one attached hydrogen (secondary N) is 2. The molecule has 150 valence electrons. The van der Waals surface area contributed by atoms with E-state index in [1.807, 2.05) is 56.4 Å². The molecule has 0 radical (unpaired) electrons. The van der Waals surface area contributed by atoms with Gasteiger partial charge in [0.2, 0.25) is 0 Å². The minimum absolute atomic E-state index is 0.0800. The standard InChI is InChI=1S/C24H28N4O/c1-18(28(3)23-7-5-4-6-8-23)17-26-24(29)27-19(2)20-9-11-21(12-10-20)22-13-15-25-16-14-22/h4-16,18-19H,17H2,1-3H3,(H2,26,27,29). The van der Waals surface area contributed by atoms with Crippen LogP contribution in [-0.2, 0) is 0 Å². The summed E-state index contributed by atoms with van der Waals surface area (Å²) in [6.45, 7) is 4.64. The maximum atomic E-state index is 12.3. The summed E-state index contributed by atoms with van der Waals surface area (Å²) >= 11 is 0. The minimum Gasteiger partial charge on any atom is -0.370 e. The van der Waals surface area contributed by atoms with Gasteiger partial charge in [-0.05, 0) is 54.8 Å². The number of para-hydroxylation sites is 1. The number of carbonyl (C=O) groups excluding carboxylic acids is 1. The lowest BCUT2D eigenvalue weighted by Gasteiger charge is -2.27. The molecular weight excluding hydrogens is 360 g/mol. The summed E-state index contributed by atoms with van der Waals surface area (Å²) in [4.78, 5) is 18.5. The molecule has 0 spiro atoms. The Kier molecular flexibility index (Phi) is 6.85.